The summed E-state index contributed by atoms with van der Waals surface area (Å²) in [7, 11) is 0. The summed E-state index contributed by atoms with van der Waals surface area (Å²) in [5.41, 5.74) is 7.55. The fourth-order valence-corrected chi connectivity index (χ4v) is 2.15. The van der Waals surface area contributed by atoms with Crippen LogP contribution in [0.2, 0.25) is 0 Å². The van der Waals surface area contributed by atoms with Gasteiger partial charge in [-0.1, -0.05) is 6.07 Å². The van der Waals surface area contributed by atoms with E-state index in [1.54, 1.807) is 39.8 Å². The molecule has 1 aromatic carbocycles. The molecular weight excluding hydrogens is 296 g/mol. The number of aliphatic hydroxyl groups excluding tert-OH is 1. The number of nitrogens with two attached hydrogens (primary N) is 1. The van der Waals surface area contributed by atoms with E-state index >= 15 is 0 Å². The van der Waals surface area contributed by atoms with Crippen LogP contribution in [0.4, 0.5) is 10.5 Å². The van der Waals surface area contributed by atoms with Crippen molar-refractivity contribution in [2.45, 2.75) is 58.7 Å². The number of aromatic hydroxyl groups is 1. The normalized spacial score (nSPS) is 12.7. The van der Waals surface area contributed by atoms with Crippen LogP contribution in [-0.4, -0.2) is 34.6 Å². The second-order valence-corrected chi connectivity index (χ2v) is 6.70. The summed E-state index contributed by atoms with van der Waals surface area (Å²) in [6, 6.07) is 3.36. The molecule has 130 valence electrons. The van der Waals surface area contributed by atoms with E-state index < -0.39 is 17.8 Å². The lowest BCUT2D eigenvalue weighted by molar-refractivity contribution is 0.0528. The molecule has 0 saturated heterocycles. The van der Waals surface area contributed by atoms with Crippen LogP contribution in [0, 0.1) is 0 Å². The van der Waals surface area contributed by atoms with E-state index in [2.05, 4.69) is 5.32 Å². The fraction of sp³-hybridized carbons (Fsp3) is 0.588. The molecule has 6 nitrogen and oxygen atoms in total. The van der Waals surface area contributed by atoms with Crippen molar-refractivity contribution in [1.29, 1.82) is 0 Å². The van der Waals surface area contributed by atoms with Crippen molar-refractivity contribution in [1.82, 2.24) is 5.32 Å². The number of hydrogen-bond donors (Lipinski definition) is 4. The zero-order valence-corrected chi connectivity index (χ0v) is 14.3. The molecule has 0 heterocycles. The van der Waals surface area contributed by atoms with Crippen molar-refractivity contribution in [3.63, 3.8) is 0 Å². The van der Waals surface area contributed by atoms with Gasteiger partial charge < -0.3 is 26.0 Å². The van der Waals surface area contributed by atoms with Gasteiger partial charge in [0.2, 0.25) is 0 Å². The third-order valence-electron chi connectivity index (χ3n) is 3.30. The van der Waals surface area contributed by atoms with E-state index in [-0.39, 0.29) is 5.75 Å². The van der Waals surface area contributed by atoms with Gasteiger partial charge >= 0.3 is 6.09 Å². The van der Waals surface area contributed by atoms with Crippen LogP contribution in [0.5, 0.6) is 5.75 Å². The molecule has 0 radical (unpaired) electrons. The summed E-state index contributed by atoms with van der Waals surface area (Å²) in [6.07, 6.45) is 0.738. The molecule has 1 aromatic rings. The summed E-state index contributed by atoms with van der Waals surface area (Å²) >= 11 is 0. The Morgan fingerprint density at radius 1 is 1.35 bits per heavy atom. The molecule has 1 amide bonds. The molecule has 23 heavy (non-hydrogen) atoms. The van der Waals surface area contributed by atoms with E-state index in [1.807, 2.05) is 0 Å². The van der Waals surface area contributed by atoms with E-state index in [9.17, 15) is 15.0 Å². The lowest BCUT2D eigenvalue weighted by atomic mass is 9.99. The average Bonchev–Trinajstić information content (AvgIpc) is 2.39. The molecule has 5 N–H and O–H groups in total. The highest BCUT2D eigenvalue weighted by Gasteiger charge is 2.16. The van der Waals surface area contributed by atoms with Gasteiger partial charge in [0, 0.05) is 17.8 Å². The molecule has 0 bridgehead atoms. The number of nitrogens with one attached hydrogen (secondary N) is 1. The molecular formula is C17H28N2O4. The second kappa shape index (κ2) is 8.06. The number of rotatable bonds is 6. The van der Waals surface area contributed by atoms with E-state index in [4.69, 9.17) is 10.5 Å². The minimum Gasteiger partial charge on any atom is -0.508 e. The number of nitrogen functional groups attached to an aromatic ring is 1. The van der Waals surface area contributed by atoms with Gasteiger partial charge in [-0.25, -0.2) is 4.79 Å². The molecule has 0 aliphatic heterocycles. The van der Waals surface area contributed by atoms with Crippen molar-refractivity contribution < 1.29 is 19.7 Å². The van der Waals surface area contributed by atoms with Gasteiger partial charge in [0.1, 0.15) is 11.4 Å². The number of carbonyl (C=O) groups excluding carboxylic acids is 1. The Morgan fingerprint density at radius 2 is 2.00 bits per heavy atom. The Kier molecular flexibility index (Phi) is 6.69. The number of phenolic OH excluding ortho intramolecular Hbond substituents is 1. The van der Waals surface area contributed by atoms with Crippen LogP contribution in [0.3, 0.4) is 0 Å². The van der Waals surface area contributed by atoms with Crippen LogP contribution in [0.1, 0.15) is 45.2 Å². The Labute approximate surface area is 137 Å². The predicted octanol–water partition coefficient (Wildman–Crippen LogP) is 2.35. The third kappa shape index (κ3) is 6.78. The number of carbonyl (C=O) groups is 1. The van der Waals surface area contributed by atoms with Crippen LogP contribution < -0.4 is 11.1 Å². The highest BCUT2D eigenvalue weighted by Crippen LogP contribution is 2.28. The molecule has 1 atom stereocenters. The molecule has 0 saturated carbocycles. The molecule has 6 heteroatoms. The number of hydrogen-bond acceptors (Lipinski definition) is 5. The summed E-state index contributed by atoms with van der Waals surface area (Å²) < 4.78 is 5.15. The molecule has 1 unspecified atom stereocenters. The molecule has 0 aliphatic carbocycles. The van der Waals surface area contributed by atoms with Gasteiger partial charge in [-0.15, -0.1) is 0 Å². The number of alkyl carbamates (subject to hydrolysis) is 1. The SMILES string of the molecule is CC(O)CCc1ccc(O)c(CCNC(=O)OC(C)(C)C)c1N. The highest BCUT2D eigenvalue weighted by atomic mass is 16.6. The van der Waals surface area contributed by atoms with Gasteiger partial charge in [0.15, 0.2) is 0 Å². The van der Waals surface area contributed by atoms with Crippen molar-refractivity contribution in [2.24, 2.45) is 0 Å². The van der Waals surface area contributed by atoms with Crippen LogP contribution in [-0.2, 0) is 17.6 Å². The van der Waals surface area contributed by atoms with Crippen LogP contribution in [0.15, 0.2) is 12.1 Å². The van der Waals surface area contributed by atoms with Crippen molar-refractivity contribution in [3.05, 3.63) is 23.3 Å². The van der Waals surface area contributed by atoms with Gasteiger partial charge in [-0.05, 0) is 58.6 Å². The molecule has 0 aromatic heterocycles. The summed E-state index contributed by atoms with van der Waals surface area (Å²) in [4.78, 5) is 11.6. The monoisotopic (exact) mass is 324 g/mol. The van der Waals surface area contributed by atoms with Crippen LogP contribution in [0.25, 0.3) is 0 Å². The lowest BCUT2D eigenvalue weighted by Crippen LogP contribution is -2.33. The number of phenols is 1. The lowest BCUT2D eigenvalue weighted by Gasteiger charge is -2.20. The molecule has 0 aliphatic rings. The minimum atomic E-state index is -0.549. The number of benzene rings is 1. The van der Waals surface area contributed by atoms with E-state index in [0.717, 1.165) is 5.56 Å². The zero-order valence-electron chi connectivity index (χ0n) is 14.3. The highest BCUT2D eigenvalue weighted by molar-refractivity contribution is 5.68. The predicted molar refractivity (Wildman–Crippen MR) is 90.5 cm³/mol. The quantitative estimate of drug-likeness (QED) is 0.601. The Hall–Kier alpha value is -1.95. The Morgan fingerprint density at radius 3 is 2.57 bits per heavy atom. The molecule has 1 rings (SSSR count). The maximum atomic E-state index is 11.6. The first kappa shape index (κ1) is 19.1. The van der Waals surface area contributed by atoms with Crippen molar-refractivity contribution in [2.75, 3.05) is 12.3 Å². The minimum absolute atomic E-state index is 0.106. The zero-order chi connectivity index (χ0) is 17.6. The van der Waals surface area contributed by atoms with Gasteiger partial charge in [0.25, 0.3) is 0 Å². The number of aryl methyl sites for hydroxylation is 1. The number of ether oxygens (including phenoxy) is 1. The first-order chi connectivity index (χ1) is 10.6. The average molecular weight is 324 g/mol. The van der Waals surface area contributed by atoms with Gasteiger partial charge in [-0.2, -0.15) is 0 Å². The van der Waals surface area contributed by atoms with E-state index in [1.165, 1.54) is 0 Å². The molecule has 0 fully saturated rings. The summed E-state index contributed by atoms with van der Waals surface area (Å²) in [6.45, 7) is 7.42. The Balaban J connectivity index is 2.65. The molecule has 0 spiro atoms. The van der Waals surface area contributed by atoms with E-state index in [0.29, 0.717) is 37.1 Å². The second-order valence-electron chi connectivity index (χ2n) is 6.70. The maximum Gasteiger partial charge on any atom is 0.407 e. The fourth-order valence-electron chi connectivity index (χ4n) is 2.15. The van der Waals surface area contributed by atoms with Gasteiger partial charge in [0.05, 0.1) is 6.10 Å². The van der Waals surface area contributed by atoms with Crippen molar-refractivity contribution in [3.8, 4) is 5.75 Å². The van der Waals surface area contributed by atoms with Crippen molar-refractivity contribution >= 4 is 11.8 Å². The maximum absolute atomic E-state index is 11.6. The Bertz CT molecular complexity index is 536. The van der Waals surface area contributed by atoms with Gasteiger partial charge in [-0.3, -0.25) is 0 Å². The number of aliphatic hydroxyl groups is 1. The first-order valence-corrected chi connectivity index (χ1v) is 7.84. The topological polar surface area (TPSA) is 105 Å². The number of amides is 1. The summed E-state index contributed by atoms with van der Waals surface area (Å²) in [5.74, 6) is 0.106. The standard InChI is InChI=1S/C17H28N2O4/c1-11(20)5-6-12-7-8-14(21)13(15(12)18)9-10-19-16(22)23-17(2,3)4/h7-8,11,20-21H,5-6,9-10,18H2,1-4H3,(H,19,22). The first-order valence-electron chi connectivity index (χ1n) is 7.84. The van der Waals surface area contributed by atoms with Crippen LogP contribution >= 0.6 is 0 Å². The smallest absolute Gasteiger partial charge is 0.407 e. The third-order valence-corrected chi connectivity index (χ3v) is 3.30. The number of anilines is 1. The summed E-state index contributed by atoms with van der Waals surface area (Å²) in [5, 5.41) is 22.0. The largest absolute Gasteiger partial charge is 0.508 e.